The predicted molar refractivity (Wildman–Crippen MR) is 508 cm³/mol. The topological polar surface area (TPSA) is 469 Å². The number of ether oxygens (including phenoxy) is 6. The number of amidine groups is 1. The number of esters is 2. The maximum atomic E-state index is 13.3. The molecular weight excluding hydrogens is 1850 g/mol. The summed E-state index contributed by atoms with van der Waals surface area (Å²) in [5.41, 5.74) is 18.6. The van der Waals surface area contributed by atoms with E-state index in [-0.39, 0.29) is 45.2 Å². The Morgan fingerprint density at radius 1 is 0.523 bits per heavy atom. The summed E-state index contributed by atoms with van der Waals surface area (Å²) in [6.07, 6.45) is 15.1. The molecule has 2 atom stereocenters. The maximum absolute atomic E-state index is 13.3. The Labute approximate surface area is 770 Å². The fraction of sp³-hybridized carbons (Fsp3) is 0.205. The number of hydrogen-bond donors (Lipinski definition) is 6. The van der Waals surface area contributed by atoms with Crippen molar-refractivity contribution in [1.82, 2.24) is 19.1 Å². The van der Waals surface area contributed by atoms with Gasteiger partial charge in [-0.1, -0.05) is 88.4 Å². The lowest BCUT2D eigenvalue weighted by Gasteiger charge is -2.16. The quantitative estimate of drug-likeness (QED) is 0.00588. The summed E-state index contributed by atoms with van der Waals surface area (Å²) in [4.78, 5) is 91.8. The molecule has 0 spiro atoms. The highest BCUT2D eigenvalue weighted by Gasteiger charge is 2.41. The number of imide groups is 2. The van der Waals surface area contributed by atoms with Gasteiger partial charge in [-0.15, -0.1) is 0 Å². The lowest BCUT2D eigenvalue weighted by atomic mass is 10.0. The number of nitrogens with one attached hydrogen (secondary N) is 1. The Morgan fingerprint density at radius 3 is 1.30 bits per heavy atom. The highest BCUT2D eigenvalue weighted by molar-refractivity contribution is 9.10. The second kappa shape index (κ2) is 51.4. The van der Waals surface area contributed by atoms with E-state index in [1.807, 2.05) is 60.7 Å². The summed E-state index contributed by atoms with van der Waals surface area (Å²) in [7, 11) is -1.94. The number of nitrogens with two attached hydrogens (primary N) is 5. The zero-order chi connectivity index (χ0) is 93.5. The number of nitrogen functional groups attached to an aromatic ring is 1. The Balaban J connectivity index is 0.000000220. The van der Waals surface area contributed by atoms with Crippen LogP contribution in [0.15, 0.2) is 281 Å². The normalized spacial score (nSPS) is 13.3. The molecule has 0 bridgehead atoms. The van der Waals surface area contributed by atoms with Crippen LogP contribution < -0.4 is 60.9 Å². The number of carbonyl (C=O) groups excluding carboxylic acids is 6. The molecule has 11 aromatic rings. The number of benzene rings is 9. The smallest absolute Gasteiger partial charge is 0.337 e. The minimum absolute atomic E-state index is 0.0241. The summed E-state index contributed by atoms with van der Waals surface area (Å²) in [6.45, 7) is 0.877. The highest BCUT2D eigenvalue weighted by Crippen LogP contribution is 2.33. The Hall–Kier alpha value is -12.4. The van der Waals surface area contributed by atoms with Crippen molar-refractivity contribution in [3.63, 3.8) is 0 Å². The number of halogens is 1. The highest BCUT2D eigenvalue weighted by atomic mass is 79.9. The van der Waals surface area contributed by atoms with Gasteiger partial charge in [-0.2, -0.15) is 4.99 Å². The number of imidazole rings is 2. The molecule has 4 amide bonds. The number of aryl methyl sites for hydroxylation is 1. The number of aromatic nitrogens is 4. The molecule has 128 heavy (non-hydrogen) atoms. The molecular formula is C88H93BrN14O18S7. The molecule has 2 aromatic heterocycles. The van der Waals surface area contributed by atoms with Gasteiger partial charge in [0.2, 0.25) is 53.7 Å². The van der Waals surface area contributed by atoms with Crippen LogP contribution in [0.1, 0.15) is 68.7 Å². The van der Waals surface area contributed by atoms with Gasteiger partial charge in [-0.3, -0.25) is 33.3 Å². The summed E-state index contributed by atoms with van der Waals surface area (Å²) < 4.78 is 100. The van der Waals surface area contributed by atoms with Crippen LogP contribution in [0.25, 0.3) is 0 Å². The largest absolute Gasteiger partial charge is 0.497 e. The third-order valence-electron chi connectivity index (χ3n) is 18.0. The SMILES string of the molecule is COC(=O)c1ccc(N2C(=O)CC(Br)C2=O)cc1.COC(=O)c1ccc(N2C(=O)CC(SC(=NCCc3ccc(S(N)(=O)=O)cc3)Nc3ccc(OC)cc3)C2=O)cc1.COc1ccc(CC(=S)CCCc2ccc(S(N)(=O)=O)cc2)cc1.COc1ccc(N)cc1.COc1ccc(N=C=S)cc1.NCCc1ccc(S(N)(=O)=O)cc1.S=C(n1ccnc1)n1ccnc1. The van der Waals surface area contributed by atoms with Gasteiger partial charge in [-0.05, 0) is 260 Å². The van der Waals surface area contributed by atoms with Crippen molar-refractivity contribution in [3.05, 3.63) is 289 Å². The number of rotatable bonds is 25. The lowest BCUT2D eigenvalue weighted by Crippen LogP contribution is -2.31. The third-order valence-corrected chi connectivity index (χ3v) is 23.5. The number of methoxy groups -OCH3 is 6. The van der Waals surface area contributed by atoms with Gasteiger partial charge in [0.15, 0.2) is 10.3 Å². The van der Waals surface area contributed by atoms with E-state index in [0.717, 1.165) is 104 Å². The van der Waals surface area contributed by atoms with Crippen LogP contribution in [0.3, 0.4) is 0 Å². The summed E-state index contributed by atoms with van der Waals surface area (Å²) in [5.74, 6) is 0.887. The molecule has 0 aliphatic carbocycles. The minimum Gasteiger partial charge on any atom is -0.497 e. The maximum Gasteiger partial charge on any atom is 0.337 e. The number of carbonyl (C=O) groups is 6. The fourth-order valence-corrected chi connectivity index (χ4v) is 15.0. The minimum atomic E-state index is -3.78. The molecule has 11 N–H and O–H groups in total. The number of isothiocyanates is 1. The van der Waals surface area contributed by atoms with E-state index in [2.05, 4.69) is 63.3 Å². The zero-order valence-corrected chi connectivity index (χ0v) is 77.3. The average molecular weight is 1940 g/mol. The number of amides is 4. The molecule has 672 valence electrons. The van der Waals surface area contributed by atoms with Gasteiger partial charge in [0.05, 0.1) is 90.7 Å². The summed E-state index contributed by atoms with van der Waals surface area (Å²) >= 11 is 19.3. The number of anilines is 4. The van der Waals surface area contributed by atoms with Gasteiger partial charge >= 0.3 is 11.9 Å². The zero-order valence-electron chi connectivity index (χ0n) is 70.0. The molecule has 2 aliphatic heterocycles. The van der Waals surface area contributed by atoms with Crippen molar-refractivity contribution < 1.29 is 82.4 Å². The Morgan fingerprint density at radius 2 is 0.914 bits per heavy atom. The average Bonchev–Trinajstić information content (AvgIpc) is 1.65. The second-order valence-corrected chi connectivity index (χ2v) is 35.0. The van der Waals surface area contributed by atoms with E-state index in [4.69, 9.17) is 75.0 Å². The second-order valence-electron chi connectivity index (χ2n) is 26.9. The van der Waals surface area contributed by atoms with Crippen LogP contribution >= 0.6 is 64.3 Å². The van der Waals surface area contributed by atoms with Gasteiger partial charge in [0.1, 0.15) is 45.7 Å². The van der Waals surface area contributed by atoms with E-state index in [9.17, 15) is 54.0 Å². The number of nitrogens with zero attached hydrogens (tertiary/aromatic N) is 8. The van der Waals surface area contributed by atoms with Gasteiger partial charge in [0, 0.05) is 62.0 Å². The molecule has 2 unspecified atom stereocenters. The molecule has 13 rings (SSSR count). The number of sulfonamides is 3. The lowest BCUT2D eigenvalue weighted by molar-refractivity contribution is -0.122. The molecule has 40 heteroatoms. The summed E-state index contributed by atoms with van der Waals surface area (Å²) in [6, 6.07) is 61.1. The van der Waals surface area contributed by atoms with Crippen molar-refractivity contribution in [2.75, 3.05) is 76.6 Å². The first-order chi connectivity index (χ1) is 61.1. The Bertz CT molecular complexity index is 5920. The van der Waals surface area contributed by atoms with Crippen LogP contribution in [-0.4, -0.2) is 166 Å². The van der Waals surface area contributed by atoms with Gasteiger partial charge in [-0.25, -0.2) is 70.0 Å². The van der Waals surface area contributed by atoms with Crippen molar-refractivity contribution >= 4 is 179 Å². The number of thioether (sulfide) groups is 1. The first-order valence-electron chi connectivity index (χ1n) is 38.3. The first kappa shape index (κ1) is 103. The van der Waals surface area contributed by atoms with E-state index < -0.39 is 58.0 Å². The van der Waals surface area contributed by atoms with Gasteiger partial charge in [0.25, 0.3) is 0 Å². The molecule has 2 aliphatic rings. The van der Waals surface area contributed by atoms with Crippen molar-refractivity contribution in [1.29, 1.82) is 0 Å². The number of primary sulfonamides is 3. The number of hydrogen-bond acceptors (Lipinski definition) is 28. The van der Waals surface area contributed by atoms with Crippen molar-refractivity contribution in [2.45, 2.75) is 76.1 Å². The predicted octanol–water partition coefficient (Wildman–Crippen LogP) is 12.3. The monoisotopic (exact) mass is 1940 g/mol. The van der Waals surface area contributed by atoms with E-state index in [0.29, 0.717) is 63.7 Å². The molecule has 4 heterocycles. The van der Waals surface area contributed by atoms with Crippen LogP contribution in [0.2, 0.25) is 0 Å². The van der Waals surface area contributed by atoms with Crippen LogP contribution in [-0.2, 0) is 84.4 Å². The van der Waals surface area contributed by atoms with Crippen molar-refractivity contribution in [2.24, 2.45) is 31.1 Å². The first-order valence-corrected chi connectivity index (χ1v) is 46.0. The molecule has 0 saturated carbocycles. The van der Waals surface area contributed by atoms with Crippen molar-refractivity contribution in [3.8, 4) is 23.0 Å². The van der Waals surface area contributed by atoms with Crippen LogP contribution in [0.5, 0.6) is 23.0 Å². The molecule has 32 nitrogen and oxygen atoms in total. The third kappa shape index (κ3) is 33.4. The molecule has 2 fully saturated rings. The molecule has 9 aromatic carbocycles. The van der Waals surface area contributed by atoms with Crippen LogP contribution in [0, 0.1) is 0 Å². The van der Waals surface area contributed by atoms with E-state index >= 15 is 0 Å². The van der Waals surface area contributed by atoms with Crippen LogP contribution in [0.4, 0.5) is 28.4 Å². The van der Waals surface area contributed by atoms with Gasteiger partial charge < -0.3 is 45.2 Å². The number of alkyl halides is 1. The van der Waals surface area contributed by atoms with E-state index in [1.165, 1.54) is 80.4 Å². The summed E-state index contributed by atoms with van der Waals surface area (Å²) in [5, 5.41) is 21.0. The molecule has 2 saturated heterocycles. The molecule has 0 radical (unpaired) electrons. The van der Waals surface area contributed by atoms with E-state index in [1.54, 1.807) is 172 Å². The number of aliphatic imine (C=N–C) groups is 2. The fourth-order valence-electron chi connectivity index (χ4n) is 11.3. The standard InChI is InChI=1S/C28H28N4O7S2.C18H21NO3S2.C12H10BrNO4.C8H12N2O2S.C8H7NOS.C7H6N4S.C7H9NO/c1-38-22-11-7-20(8-12-22)31-28(30-16-15-18-3-13-23(14-4-18)41(29,36)37)40-24-17-25(33)32(26(24)34)21-9-5-19(6-10-21)27(35)39-2;1-22-16-9-5-15(6-10-16)13-17(23)4-2-3-14-7-11-18(12-8-14)24(19,20)21;1-18-12(17)7-2-4-8(5-3-7)14-10(15)6-9(13)11(14)16;9-6-5-7-1-3-8(4-2-7)13(10,11)12;1-10-8-4-2-7(3-5-8)9-6-11;12-7(10-3-1-8-5-10)11-4-2-9-6-11;1-9-7-4-2-6(8)3-5-7/h3-14,24H,15-17H2,1-2H3,(H,30,31)(H2,29,36,37);5-12H,2-4,13H2,1H3,(H2,19,20,21);2-5,9H,6H2,1H3;1-4H,5-6,9H2,(H2,10,11,12);2-5H,1H3;1-6H;2-5H,8H2,1H3. The Kier molecular flexibility index (Phi) is 41.2. The number of thiocarbonyl (C=S) groups is 3.